The molecule has 2 rings (SSSR count). The molecule has 0 radical (unpaired) electrons. The molecule has 1 fully saturated rings. The van der Waals surface area contributed by atoms with Crippen molar-refractivity contribution in [3.63, 3.8) is 0 Å². The van der Waals surface area contributed by atoms with E-state index in [1.165, 1.54) is 12.8 Å². The Kier molecular flexibility index (Phi) is 5.40. The first-order valence-corrected chi connectivity index (χ1v) is 7.54. The number of aromatic nitrogens is 2. The number of anilines is 1. The molecule has 0 bridgehead atoms. The van der Waals surface area contributed by atoms with Gasteiger partial charge >= 0.3 is 0 Å². The van der Waals surface area contributed by atoms with Crippen molar-refractivity contribution in [3.05, 3.63) is 17.0 Å². The monoisotopic (exact) mass is 283 g/mol. The van der Waals surface area contributed by atoms with Crippen LogP contribution in [0.4, 0.5) is 5.82 Å². The predicted octanol–water partition coefficient (Wildman–Crippen LogP) is 3.44. The van der Waals surface area contributed by atoms with Crippen LogP contribution in [0.3, 0.4) is 0 Å². The predicted molar refractivity (Wildman–Crippen MR) is 77.6 cm³/mol. The molecule has 0 aliphatic carbocycles. The van der Waals surface area contributed by atoms with Gasteiger partial charge in [0.05, 0.1) is 0 Å². The minimum absolute atomic E-state index is 0.124. The van der Waals surface area contributed by atoms with E-state index >= 15 is 0 Å². The molecule has 1 atom stereocenters. The van der Waals surface area contributed by atoms with Crippen LogP contribution < -0.4 is 4.90 Å². The molecule has 0 spiro atoms. The second kappa shape index (κ2) is 7.06. The fourth-order valence-electron chi connectivity index (χ4n) is 2.51. The van der Waals surface area contributed by atoms with E-state index in [4.69, 9.17) is 16.3 Å². The van der Waals surface area contributed by atoms with E-state index in [1.54, 1.807) is 0 Å². The second-order valence-electron chi connectivity index (χ2n) is 4.84. The van der Waals surface area contributed by atoms with Gasteiger partial charge in [-0.1, -0.05) is 13.3 Å². The van der Waals surface area contributed by atoms with Crippen molar-refractivity contribution in [2.75, 3.05) is 18.1 Å². The average molecular weight is 284 g/mol. The first-order chi connectivity index (χ1) is 9.24. The zero-order chi connectivity index (χ0) is 13.7. The molecule has 0 aromatic carbocycles. The molecular formula is C14H22ClN3O. The van der Waals surface area contributed by atoms with Gasteiger partial charge in [-0.05, 0) is 44.2 Å². The average Bonchev–Trinajstić information content (AvgIpc) is 2.39. The maximum atomic E-state index is 6.04. The lowest BCUT2D eigenvalue weighted by Gasteiger charge is -2.36. The van der Waals surface area contributed by atoms with Gasteiger partial charge in [0.2, 0.25) is 5.28 Å². The Balaban J connectivity index is 2.22. The standard InChI is InChI=1S/C14H22ClN3O/c1-3-7-11-10-12(17-14(15)16-11)18-9-6-5-8-13(18)19-4-2/h10,13H,3-9H2,1-2H3. The van der Waals surface area contributed by atoms with Gasteiger partial charge in [0.25, 0.3) is 0 Å². The van der Waals surface area contributed by atoms with Gasteiger partial charge in [0.15, 0.2) is 0 Å². The summed E-state index contributed by atoms with van der Waals surface area (Å²) in [6, 6.07) is 2.05. The summed E-state index contributed by atoms with van der Waals surface area (Å²) in [5, 5.41) is 0.335. The summed E-state index contributed by atoms with van der Waals surface area (Å²) in [4.78, 5) is 10.9. The molecule has 0 saturated carbocycles. The molecule has 5 heteroatoms. The summed E-state index contributed by atoms with van der Waals surface area (Å²) in [5.41, 5.74) is 1.01. The third-order valence-corrected chi connectivity index (χ3v) is 3.51. The van der Waals surface area contributed by atoms with E-state index in [1.807, 2.05) is 13.0 Å². The van der Waals surface area contributed by atoms with Crippen molar-refractivity contribution in [1.82, 2.24) is 9.97 Å². The summed E-state index contributed by atoms with van der Waals surface area (Å²) >= 11 is 6.04. The van der Waals surface area contributed by atoms with Crippen molar-refractivity contribution in [3.8, 4) is 0 Å². The van der Waals surface area contributed by atoms with Crippen LogP contribution in [-0.4, -0.2) is 29.3 Å². The van der Waals surface area contributed by atoms with Gasteiger partial charge < -0.3 is 9.64 Å². The molecule has 4 nitrogen and oxygen atoms in total. The highest BCUT2D eigenvalue weighted by Gasteiger charge is 2.24. The van der Waals surface area contributed by atoms with Crippen LogP contribution in [0.25, 0.3) is 0 Å². The highest BCUT2D eigenvalue weighted by Crippen LogP contribution is 2.25. The Morgan fingerprint density at radius 1 is 1.37 bits per heavy atom. The van der Waals surface area contributed by atoms with Crippen LogP contribution >= 0.6 is 11.6 Å². The van der Waals surface area contributed by atoms with Crippen molar-refractivity contribution in [1.29, 1.82) is 0 Å². The van der Waals surface area contributed by atoms with Crippen molar-refractivity contribution in [2.24, 2.45) is 0 Å². The fourth-order valence-corrected chi connectivity index (χ4v) is 2.71. The third kappa shape index (κ3) is 3.80. The summed E-state index contributed by atoms with van der Waals surface area (Å²) in [6.45, 7) is 5.87. The zero-order valence-electron chi connectivity index (χ0n) is 11.7. The van der Waals surface area contributed by atoms with Crippen LogP contribution in [0, 0.1) is 0 Å². The Morgan fingerprint density at radius 2 is 2.21 bits per heavy atom. The molecule has 2 heterocycles. The molecule has 19 heavy (non-hydrogen) atoms. The van der Waals surface area contributed by atoms with Crippen LogP contribution in [-0.2, 0) is 11.2 Å². The van der Waals surface area contributed by atoms with Gasteiger partial charge in [-0.2, -0.15) is 0 Å². The Morgan fingerprint density at radius 3 is 2.95 bits per heavy atom. The number of ether oxygens (including phenoxy) is 1. The Bertz CT molecular complexity index is 412. The minimum Gasteiger partial charge on any atom is -0.359 e. The highest BCUT2D eigenvalue weighted by atomic mass is 35.5. The quantitative estimate of drug-likeness (QED) is 0.776. The van der Waals surface area contributed by atoms with E-state index in [2.05, 4.69) is 21.8 Å². The van der Waals surface area contributed by atoms with Crippen LogP contribution in [0.1, 0.15) is 45.2 Å². The SMILES string of the molecule is CCCc1cc(N2CCCCC2OCC)nc(Cl)n1. The van der Waals surface area contributed by atoms with Crippen molar-refractivity contribution < 1.29 is 4.74 Å². The minimum atomic E-state index is 0.124. The van der Waals surface area contributed by atoms with Crippen LogP contribution in [0.5, 0.6) is 0 Å². The van der Waals surface area contributed by atoms with Gasteiger partial charge in [-0.3, -0.25) is 0 Å². The number of rotatable bonds is 5. The maximum Gasteiger partial charge on any atom is 0.224 e. The summed E-state index contributed by atoms with van der Waals surface area (Å²) in [5.74, 6) is 0.904. The summed E-state index contributed by atoms with van der Waals surface area (Å²) in [6.07, 6.45) is 5.55. The third-order valence-electron chi connectivity index (χ3n) is 3.35. The molecule has 0 N–H and O–H groups in total. The van der Waals surface area contributed by atoms with Gasteiger partial charge in [-0.25, -0.2) is 9.97 Å². The Hall–Kier alpha value is -0.870. The highest BCUT2D eigenvalue weighted by molar-refractivity contribution is 6.28. The lowest BCUT2D eigenvalue weighted by atomic mass is 10.1. The van der Waals surface area contributed by atoms with Gasteiger partial charge in [-0.15, -0.1) is 0 Å². The fraction of sp³-hybridized carbons (Fsp3) is 0.714. The number of aryl methyl sites for hydroxylation is 1. The molecule has 1 saturated heterocycles. The lowest BCUT2D eigenvalue weighted by Crippen LogP contribution is -2.42. The number of piperidine rings is 1. The number of halogens is 1. The number of hydrogen-bond donors (Lipinski definition) is 0. The molecule has 1 aliphatic heterocycles. The van der Waals surface area contributed by atoms with Crippen molar-refractivity contribution >= 4 is 17.4 Å². The van der Waals surface area contributed by atoms with E-state index in [9.17, 15) is 0 Å². The Labute approximate surface area is 120 Å². The molecule has 1 aromatic heterocycles. The normalized spacial score (nSPS) is 19.7. The topological polar surface area (TPSA) is 38.2 Å². The molecule has 1 unspecified atom stereocenters. The second-order valence-corrected chi connectivity index (χ2v) is 5.17. The van der Waals surface area contributed by atoms with Crippen molar-refractivity contribution in [2.45, 2.75) is 52.2 Å². The first kappa shape index (κ1) is 14.5. The lowest BCUT2D eigenvalue weighted by molar-refractivity contribution is 0.0427. The van der Waals surface area contributed by atoms with Crippen LogP contribution in [0.15, 0.2) is 6.07 Å². The van der Waals surface area contributed by atoms with Gasteiger partial charge in [0, 0.05) is 24.9 Å². The maximum absolute atomic E-state index is 6.04. The van der Waals surface area contributed by atoms with Gasteiger partial charge in [0.1, 0.15) is 12.0 Å². The first-order valence-electron chi connectivity index (χ1n) is 7.16. The molecule has 0 amide bonds. The number of hydrogen-bond acceptors (Lipinski definition) is 4. The zero-order valence-corrected chi connectivity index (χ0v) is 12.5. The van der Waals surface area contributed by atoms with E-state index in [0.29, 0.717) is 5.28 Å². The van der Waals surface area contributed by atoms with Crippen LogP contribution in [0.2, 0.25) is 5.28 Å². The molecule has 1 aliphatic rings. The largest absolute Gasteiger partial charge is 0.359 e. The smallest absolute Gasteiger partial charge is 0.224 e. The summed E-state index contributed by atoms with van der Waals surface area (Å²) in [7, 11) is 0. The summed E-state index contributed by atoms with van der Waals surface area (Å²) < 4.78 is 5.81. The molecule has 1 aromatic rings. The van der Waals surface area contributed by atoms with E-state index < -0.39 is 0 Å². The number of nitrogens with zero attached hydrogens (tertiary/aromatic N) is 3. The molecular weight excluding hydrogens is 262 g/mol. The molecule has 106 valence electrons. The van der Waals surface area contributed by atoms with E-state index in [0.717, 1.165) is 43.9 Å². The van der Waals surface area contributed by atoms with E-state index in [-0.39, 0.29) is 6.23 Å².